The molecule has 5 nitrogen and oxygen atoms in total. The summed E-state index contributed by atoms with van der Waals surface area (Å²) in [5, 5.41) is 2.35. The number of benzene rings is 1. The molecule has 0 aromatic heterocycles. The van der Waals surface area contributed by atoms with Gasteiger partial charge in [0.05, 0.1) is 11.6 Å². The molecule has 0 spiro atoms. The molecule has 1 unspecified atom stereocenters. The molecule has 1 aliphatic carbocycles. The highest BCUT2D eigenvalue weighted by Crippen LogP contribution is 2.30. The van der Waals surface area contributed by atoms with Crippen molar-refractivity contribution in [3.05, 3.63) is 29.6 Å². The smallest absolute Gasteiger partial charge is 0.234 e. The zero-order valence-electron chi connectivity index (χ0n) is 17.2. The number of halogens is 1. The molecule has 0 bridgehead atoms. The molecule has 29 heavy (non-hydrogen) atoms. The summed E-state index contributed by atoms with van der Waals surface area (Å²) in [5.74, 6) is -0.375. The SMILES string of the molecule is O=C1CCC(c2ccc(N3CCN(CCC4CCCCC4)CC3)c(F)c2)C(=O)N1. The van der Waals surface area contributed by atoms with E-state index in [2.05, 4.69) is 15.1 Å². The number of amides is 2. The second-order valence-electron chi connectivity index (χ2n) is 8.84. The number of hydrogen-bond donors (Lipinski definition) is 1. The topological polar surface area (TPSA) is 52.7 Å². The summed E-state index contributed by atoms with van der Waals surface area (Å²) in [6, 6.07) is 5.12. The van der Waals surface area contributed by atoms with Crippen LogP contribution in [0, 0.1) is 11.7 Å². The van der Waals surface area contributed by atoms with Crippen molar-refractivity contribution in [3.63, 3.8) is 0 Å². The molecule has 158 valence electrons. The van der Waals surface area contributed by atoms with Crippen LogP contribution in [0.25, 0.3) is 0 Å². The van der Waals surface area contributed by atoms with E-state index in [9.17, 15) is 14.0 Å². The highest BCUT2D eigenvalue weighted by molar-refractivity contribution is 6.00. The molecule has 2 aliphatic heterocycles. The van der Waals surface area contributed by atoms with Gasteiger partial charge in [0.15, 0.2) is 0 Å². The maximum atomic E-state index is 14.8. The number of imide groups is 1. The predicted molar refractivity (Wildman–Crippen MR) is 111 cm³/mol. The van der Waals surface area contributed by atoms with Crippen LogP contribution in [0.1, 0.15) is 62.8 Å². The number of piperazine rings is 1. The monoisotopic (exact) mass is 401 g/mol. The van der Waals surface area contributed by atoms with Crippen LogP contribution in [0.4, 0.5) is 10.1 Å². The number of carbonyl (C=O) groups excluding carboxylic acids is 2. The molecular formula is C23H32FN3O2. The molecule has 2 heterocycles. The second kappa shape index (κ2) is 9.24. The minimum Gasteiger partial charge on any atom is -0.367 e. The van der Waals surface area contributed by atoms with Crippen molar-refractivity contribution in [1.82, 2.24) is 10.2 Å². The summed E-state index contributed by atoms with van der Waals surface area (Å²) in [5.41, 5.74) is 1.27. The minimum atomic E-state index is -0.437. The standard InChI is InChI=1S/C23H32FN3O2/c24-20-16-18(19-7-9-22(28)25-23(19)29)6-8-21(20)27-14-12-26(13-15-27)11-10-17-4-2-1-3-5-17/h6,8,16-17,19H,1-5,7,9-15H2,(H,25,28,29). The van der Waals surface area contributed by atoms with Crippen LogP contribution < -0.4 is 10.2 Å². The second-order valence-corrected chi connectivity index (χ2v) is 8.84. The van der Waals surface area contributed by atoms with E-state index in [4.69, 9.17) is 0 Å². The van der Waals surface area contributed by atoms with Gasteiger partial charge < -0.3 is 4.90 Å². The Morgan fingerprint density at radius 3 is 2.45 bits per heavy atom. The first-order chi connectivity index (χ1) is 14.1. The Labute approximate surface area is 172 Å². The van der Waals surface area contributed by atoms with Crippen molar-refractivity contribution in [3.8, 4) is 0 Å². The van der Waals surface area contributed by atoms with Crippen LogP contribution in [-0.2, 0) is 9.59 Å². The van der Waals surface area contributed by atoms with Crippen molar-refractivity contribution < 1.29 is 14.0 Å². The molecule has 2 saturated heterocycles. The Bertz CT molecular complexity index is 740. The van der Waals surface area contributed by atoms with E-state index in [-0.39, 0.29) is 17.6 Å². The fourth-order valence-electron chi connectivity index (χ4n) is 5.06. The van der Waals surface area contributed by atoms with Crippen LogP contribution in [0.15, 0.2) is 18.2 Å². The zero-order valence-corrected chi connectivity index (χ0v) is 17.2. The van der Waals surface area contributed by atoms with Gasteiger partial charge in [0, 0.05) is 32.6 Å². The molecule has 4 rings (SSSR count). The van der Waals surface area contributed by atoms with E-state index >= 15 is 0 Å². The van der Waals surface area contributed by atoms with Gasteiger partial charge in [-0.2, -0.15) is 0 Å². The first-order valence-electron chi connectivity index (χ1n) is 11.2. The Morgan fingerprint density at radius 1 is 1.00 bits per heavy atom. The van der Waals surface area contributed by atoms with Gasteiger partial charge in [0.2, 0.25) is 11.8 Å². The van der Waals surface area contributed by atoms with Crippen LogP contribution in [-0.4, -0.2) is 49.4 Å². The number of hydrogen-bond acceptors (Lipinski definition) is 4. The number of rotatable bonds is 5. The Hall–Kier alpha value is -1.95. The fraction of sp³-hybridized carbons (Fsp3) is 0.652. The predicted octanol–water partition coefficient (Wildman–Crippen LogP) is 3.44. The van der Waals surface area contributed by atoms with Gasteiger partial charge in [0.25, 0.3) is 0 Å². The fourth-order valence-corrected chi connectivity index (χ4v) is 5.06. The first kappa shape index (κ1) is 20.3. The molecule has 2 amide bonds. The maximum absolute atomic E-state index is 14.8. The van der Waals surface area contributed by atoms with Crippen molar-refractivity contribution in [2.24, 2.45) is 5.92 Å². The summed E-state index contributed by atoms with van der Waals surface area (Å²) in [6.07, 6.45) is 9.04. The van der Waals surface area contributed by atoms with Gasteiger partial charge in [-0.05, 0) is 43.0 Å². The van der Waals surface area contributed by atoms with Crippen LogP contribution in [0.5, 0.6) is 0 Å². The lowest BCUT2D eigenvalue weighted by Crippen LogP contribution is -2.47. The molecule has 1 aromatic carbocycles. The van der Waals surface area contributed by atoms with E-state index in [1.54, 1.807) is 6.07 Å². The molecule has 6 heteroatoms. The van der Waals surface area contributed by atoms with Gasteiger partial charge in [-0.1, -0.05) is 38.2 Å². The molecule has 1 saturated carbocycles. The summed E-state index contributed by atoms with van der Waals surface area (Å²) >= 11 is 0. The van der Waals surface area contributed by atoms with Crippen molar-refractivity contribution in [2.75, 3.05) is 37.6 Å². The first-order valence-corrected chi connectivity index (χ1v) is 11.2. The lowest BCUT2D eigenvalue weighted by atomic mass is 9.87. The molecule has 1 atom stereocenters. The van der Waals surface area contributed by atoms with E-state index in [0.717, 1.165) is 38.6 Å². The quantitative estimate of drug-likeness (QED) is 0.768. The molecule has 1 aromatic rings. The van der Waals surface area contributed by atoms with Crippen LogP contribution in [0.2, 0.25) is 0 Å². The number of anilines is 1. The van der Waals surface area contributed by atoms with Crippen molar-refractivity contribution in [2.45, 2.75) is 57.3 Å². The van der Waals surface area contributed by atoms with Crippen LogP contribution in [0.3, 0.4) is 0 Å². The largest absolute Gasteiger partial charge is 0.367 e. The third-order valence-corrected chi connectivity index (χ3v) is 6.90. The summed E-state index contributed by atoms with van der Waals surface area (Å²) < 4.78 is 14.8. The lowest BCUT2D eigenvalue weighted by molar-refractivity contribution is -0.134. The molecular weight excluding hydrogens is 369 g/mol. The number of carbonyl (C=O) groups is 2. The van der Waals surface area contributed by atoms with Crippen molar-refractivity contribution in [1.29, 1.82) is 0 Å². The van der Waals surface area contributed by atoms with E-state index in [1.807, 2.05) is 6.07 Å². The molecule has 3 fully saturated rings. The van der Waals surface area contributed by atoms with Gasteiger partial charge in [-0.15, -0.1) is 0 Å². The Kier molecular flexibility index (Phi) is 6.48. The van der Waals surface area contributed by atoms with E-state index < -0.39 is 5.92 Å². The molecule has 1 N–H and O–H groups in total. The maximum Gasteiger partial charge on any atom is 0.234 e. The third kappa shape index (κ3) is 4.97. The molecule has 0 radical (unpaired) electrons. The average molecular weight is 402 g/mol. The highest BCUT2D eigenvalue weighted by Gasteiger charge is 2.29. The van der Waals surface area contributed by atoms with Gasteiger partial charge in [-0.3, -0.25) is 19.8 Å². The number of nitrogens with one attached hydrogen (secondary N) is 1. The van der Waals surface area contributed by atoms with Gasteiger partial charge in [-0.25, -0.2) is 4.39 Å². The zero-order chi connectivity index (χ0) is 20.2. The van der Waals surface area contributed by atoms with Gasteiger partial charge in [0.1, 0.15) is 5.82 Å². The number of nitrogens with zero attached hydrogens (tertiary/aromatic N) is 2. The normalized spacial score (nSPS) is 24.6. The molecule has 3 aliphatic rings. The summed E-state index contributed by atoms with van der Waals surface area (Å²) in [6.45, 7) is 4.77. The van der Waals surface area contributed by atoms with Crippen molar-refractivity contribution >= 4 is 17.5 Å². The summed E-state index contributed by atoms with van der Waals surface area (Å²) in [7, 11) is 0. The third-order valence-electron chi connectivity index (χ3n) is 6.90. The Balaban J connectivity index is 1.30. The van der Waals surface area contributed by atoms with Crippen LogP contribution >= 0.6 is 0 Å². The average Bonchev–Trinajstić information content (AvgIpc) is 2.73. The summed E-state index contributed by atoms with van der Waals surface area (Å²) in [4.78, 5) is 28.0. The Morgan fingerprint density at radius 2 is 1.76 bits per heavy atom. The lowest BCUT2D eigenvalue weighted by Gasteiger charge is -2.37. The highest BCUT2D eigenvalue weighted by atomic mass is 19.1. The number of piperidine rings is 1. The van der Waals surface area contributed by atoms with Gasteiger partial charge >= 0.3 is 0 Å². The van der Waals surface area contributed by atoms with E-state index in [1.165, 1.54) is 44.6 Å². The van der Waals surface area contributed by atoms with E-state index in [0.29, 0.717) is 24.1 Å². The minimum absolute atomic E-state index is 0.246.